The van der Waals surface area contributed by atoms with Gasteiger partial charge in [-0.2, -0.15) is 5.10 Å². The molecule has 0 aliphatic rings. The molecule has 0 radical (unpaired) electrons. The average Bonchev–Trinajstić information content (AvgIpc) is 3.12. The number of rotatable bonds is 5. The Balaban J connectivity index is 2.11. The van der Waals surface area contributed by atoms with Crippen LogP contribution in [0.1, 0.15) is 17.4 Å². The molecule has 0 aromatic carbocycles. The highest BCUT2D eigenvalue weighted by Crippen LogP contribution is 2.25. The molecule has 26 heavy (non-hydrogen) atoms. The predicted molar refractivity (Wildman–Crippen MR) is 98.2 cm³/mol. The van der Waals surface area contributed by atoms with Crippen molar-refractivity contribution in [3.63, 3.8) is 0 Å². The van der Waals surface area contributed by atoms with Gasteiger partial charge >= 0.3 is 0 Å². The van der Waals surface area contributed by atoms with E-state index >= 15 is 0 Å². The van der Waals surface area contributed by atoms with Gasteiger partial charge in [0.1, 0.15) is 5.82 Å². The molecule has 8 nitrogen and oxygen atoms in total. The Morgan fingerprint density at radius 3 is 2.62 bits per heavy atom. The second kappa shape index (κ2) is 7.22. The highest BCUT2D eigenvalue weighted by molar-refractivity contribution is 5.93. The van der Waals surface area contributed by atoms with E-state index in [0.717, 1.165) is 11.3 Å². The van der Waals surface area contributed by atoms with Crippen LogP contribution < -0.4 is 10.5 Å². The zero-order valence-corrected chi connectivity index (χ0v) is 14.9. The van der Waals surface area contributed by atoms with Crippen molar-refractivity contribution in [3.8, 4) is 22.8 Å². The van der Waals surface area contributed by atoms with Crippen LogP contribution in [-0.2, 0) is 0 Å². The normalized spacial score (nSPS) is 10.6. The summed E-state index contributed by atoms with van der Waals surface area (Å²) in [5.74, 6) is 0.768. The van der Waals surface area contributed by atoms with Gasteiger partial charge in [-0.3, -0.25) is 4.79 Å². The second-order valence-electron chi connectivity index (χ2n) is 5.68. The first-order valence-corrected chi connectivity index (χ1v) is 8.11. The number of carbonyl (C=O) groups excluding carboxylic acids is 1. The fourth-order valence-electron chi connectivity index (χ4n) is 2.40. The van der Waals surface area contributed by atoms with Crippen molar-refractivity contribution in [2.24, 2.45) is 0 Å². The van der Waals surface area contributed by atoms with Crippen LogP contribution in [0, 0.1) is 0 Å². The summed E-state index contributed by atoms with van der Waals surface area (Å²) in [5, 5.41) is 4.49. The van der Waals surface area contributed by atoms with Crippen LogP contribution in [0.2, 0.25) is 0 Å². The van der Waals surface area contributed by atoms with Crippen molar-refractivity contribution in [2.45, 2.75) is 6.92 Å². The third-order valence-corrected chi connectivity index (χ3v) is 4.01. The van der Waals surface area contributed by atoms with Crippen molar-refractivity contribution < 1.29 is 9.53 Å². The van der Waals surface area contributed by atoms with E-state index in [1.54, 1.807) is 54.3 Å². The molecule has 134 valence electrons. The van der Waals surface area contributed by atoms with Crippen molar-refractivity contribution >= 4 is 11.7 Å². The summed E-state index contributed by atoms with van der Waals surface area (Å²) in [6.45, 7) is 2.50. The number of hydrogen-bond donors (Lipinski definition) is 1. The van der Waals surface area contributed by atoms with E-state index in [0.29, 0.717) is 29.6 Å². The lowest BCUT2D eigenvalue weighted by atomic mass is 10.2. The van der Waals surface area contributed by atoms with E-state index in [1.807, 2.05) is 19.1 Å². The molecule has 8 heteroatoms. The Morgan fingerprint density at radius 1 is 1.23 bits per heavy atom. The summed E-state index contributed by atoms with van der Waals surface area (Å²) >= 11 is 0. The molecule has 0 atom stereocenters. The number of nitrogen functional groups attached to an aromatic ring is 1. The molecule has 0 aliphatic carbocycles. The number of anilines is 1. The van der Waals surface area contributed by atoms with Crippen LogP contribution in [-0.4, -0.2) is 51.3 Å². The van der Waals surface area contributed by atoms with Gasteiger partial charge in [0.15, 0.2) is 5.69 Å². The Labute approximate surface area is 151 Å². The molecule has 1 amide bonds. The van der Waals surface area contributed by atoms with Gasteiger partial charge in [-0.25, -0.2) is 14.6 Å². The first-order chi connectivity index (χ1) is 12.5. The summed E-state index contributed by atoms with van der Waals surface area (Å²) in [6, 6.07) is 8.85. The minimum absolute atomic E-state index is 0.155. The van der Waals surface area contributed by atoms with Gasteiger partial charge in [0.25, 0.3) is 5.91 Å². The van der Waals surface area contributed by atoms with E-state index in [1.165, 1.54) is 0 Å². The van der Waals surface area contributed by atoms with E-state index in [-0.39, 0.29) is 5.91 Å². The molecule has 0 spiro atoms. The van der Waals surface area contributed by atoms with Gasteiger partial charge in [-0.15, -0.1) is 0 Å². The fraction of sp³-hybridized carbons (Fsp3) is 0.222. The van der Waals surface area contributed by atoms with Crippen LogP contribution in [0.25, 0.3) is 16.9 Å². The van der Waals surface area contributed by atoms with E-state index in [9.17, 15) is 4.79 Å². The quantitative estimate of drug-likeness (QED) is 0.754. The molecule has 2 N–H and O–H groups in total. The number of hydrogen-bond acceptors (Lipinski definition) is 6. The lowest BCUT2D eigenvalue weighted by molar-refractivity contribution is 0.0796. The maximum absolute atomic E-state index is 12.5. The SMILES string of the molecule is CCN(C)C(=O)c1cc(-c2ccc(N)nc2)n(-c2ccc(OC)nc2)n1. The summed E-state index contributed by atoms with van der Waals surface area (Å²) in [6.07, 6.45) is 3.29. The number of carbonyl (C=O) groups is 1. The maximum atomic E-state index is 12.5. The third-order valence-electron chi connectivity index (χ3n) is 4.01. The number of nitrogens with two attached hydrogens (primary N) is 1. The fourth-order valence-corrected chi connectivity index (χ4v) is 2.40. The van der Waals surface area contributed by atoms with Crippen LogP contribution in [0.15, 0.2) is 42.7 Å². The molecule has 0 unspecified atom stereocenters. The average molecular weight is 352 g/mol. The van der Waals surface area contributed by atoms with Crippen molar-refractivity contribution in [3.05, 3.63) is 48.4 Å². The smallest absolute Gasteiger partial charge is 0.274 e. The van der Waals surface area contributed by atoms with Gasteiger partial charge < -0.3 is 15.4 Å². The molecule has 0 saturated heterocycles. The van der Waals surface area contributed by atoms with E-state index in [2.05, 4.69) is 15.1 Å². The maximum Gasteiger partial charge on any atom is 0.274 e. The molecule has 0 aliphatic heterocycles. The second-order valence-corrected chi connectivity index (χ2v) is 5.68. The van der Waals surface area contributed by atoms with Crippen LogP contribution >= 0.6 is 0 Å². The summed E-state index contributed by atoms with van der Waals surface area (Å²) in [7, 11) is 3.29. The lowest BCUT2D eigenvalue weighted by Crippen LogP contribution is -2.26. The van der Waals surface area contributed by atoms with Gasteiger partial charge in [0.05, 0.1) is 24.7 Å². The molecule has 3 aromatic rings. The Morgan fingerprint density at radius 2 is 2.04 bits per heavy atom. The number of amides is 1. The van der Waals surface area contributed by atoms with E-state index in [4.69, 9.17) is 10.5 Å². The van der Waals surface area contributed by atoms with Crippen molar-refractivity contribution in [1.29, 1.82) is 0 Å². The first kappa shape index (κ1) is 17.4. The van der Waals surface area contributed by atoms with E-state index < -0.39 is 0 Å². The Bertz CT molecular complexity index is 902. The monoisotopic (exact) mass is 352 g/mol. The minimum Gasteiger partial charge on any atom is -0.481 e. The Hall–Kier alpha value is -3.42. The van der Waals surface area contributed by atoms with Crippen molar-refractivity contribution in [2.75, 3.05) is 26.4 Å². The lowest BCUT2D eigenvalue weighted by Gasteiger charge is -2.11. The number of methoxy groups -OCH3 is 1. The third kappa shape index (κ3) is 3.34. The molecule has 0 fully saturated rings. The summed E-state index contributed by atoms with van der Waals surface area (Å²) < 4.78 is 6.76. The molecule has 3 aromatic heterocycles. The zero-order valence-electron chi connectivity index (χ0n) is 14.9. The molecule has 0 saturated carbocycles. The van der Waals surface area contributed by atoms with Gasteiger partial charge in [0.2, 0.25) is 5.88 Å². The van der Waals surface area contributed by atoms with Crippen LogP contribution in [0.4, 0.5) is 5.82 Å². The van der Waals surface area contributed by atoms with Gasteiger partial charge in [-0.1, -0.05) is 0 Å². The van der Waals surface area contributed by atoms with Gasteiger partial charge in [-0.05, 0) is 31.2 Å². The molecular weight excluding hydrogens is 332 g/mol. The molecule has 3 rings (SSSR count). The van der Waals surface area contributed by atoms with Gasteiger partial charge in [0, 0.05) is 31.4 Å². The molecule has 3 heterocycles. The molecule has 0 bridgehead atoms. The number of pyridine rings is 2. The standard InChI is InChI=1S/C18H20N6O2/c1-4-23(2)18(25)14-9-15(12-5-7-16(19)20-10-12)24(22-14)13-6-8-17(26-3)21-11-13/h5-11H,4H2,1-3H3,(H2,19,20). The predicted octanol–water partition coefficient (Wildman–Crippen LogP) is 2.01. The summed E-state index contributed by atoms with van der Waals surface area (Å²) in [4.78, 5) is 22.5. The first-order valence-electron chi connectivity index (χ1n) is 8.11. The number of ether oxygens (including phenoxy) is 1. The molecular formula is C18H20N6O2. The largest absolute Gasteiger partial charge is 0.481 e. The minimum atomic E-state index is -0.155. The highest BCUT2D eigenvalue weighted by atomic mass is 16.5. The summed E-state index contributed by atoms with van der Waals surface area (Å²) in [5.41, 5.74) is 8.24. The zero-order chi connectivity index (χ0) is 18.7. The number of aromatic nitrogens is 4. The Kier molecular flexibility index (Phi) is 4.83. The van der Waals surface area contributed by atoms with Crippen LogP contribution in [0.5, 0.6) is 5.88 Å². The van der Waals surface area contributed by atoms with Crippen molar-refractivity contribution in [1.82, 2.24) is 24.6 Å². The topological polar surface area (TPSA) is 99.2 Å². The van der Waals surface area contributed by atoms with Crippen LogP contribution in [0.3, 0.4) is 0 Å². The number of nitrogens with zero attached hydrogens (tertiary/aromatic N) is 5. The highest BCUT2D eigenvalue weighted by Gasteiger charge is 2.19.